The average Bonchev–Trinajstić information content (AvgIpc) is 3.35. The van der Waals surface area contributed by atoms with Crippen LogP contribution in [-0.4, -0.2) is 45.5 Å². The van der Waals surface area contributed by atoms with E-state index in [0.29, 0.717) is 6.42 Å². The number of hydrogen-bond acceptors (Lipinski definition) is 5. The Balaban J connectivity index is 1.37. The van der Waals surface area contributed by atoms with Crippen molar-refractivity contribution in [2.75, 3.05) is 11.9 Å². The van der Waals surface area contributed by atoms with Crippen LogP contribution in [0.4, 0.5) is 10.6 Å². The first-order chi connectivity index (χ1) is 16.9. The van der Waals surface area contributed by atoms with Crippen molar-refractivity contribution in [2.24, 2.45) is 7.05 Å². The molecule has 3 aromatic rings. The number of ether oxygens (including phenoxy) is 1. The van der Waals surface area contributed by atoms with E-state index in [4.69, 9.17) is 4.74 Å². The number of fused-ring (bicyclic) bond motifs is 3. The highest BCUT2D eigenvalue weighted by atomic mass is 16.5. The Morgan fingerprint density at radius 3 is 2.31 bits per heavy atom. The van der Waals surface area contributed by atoms with Crippen LogP contribution in [0, 0.1) is 0 Å². The van der Waals surface area contributed by atoms with E-state index in [-0.39, 0.29) is 30.3 Å². The average molecular weight is 477 g/mol. The zero-order valence-corrected chi connectivity index (χ0v) is 19.7. The van der Waals surface area contributed by atoms with Crippen LogP contribution in [0.15, 0.2) is 54.7 Å². The van der Waals surface area contributed by atoms with Crippen molar-refractivity contribution in [1.29, 1.82) is 0 Å². The summed E-state index contributed by atoms with van der Waals surface area (Å²) in [5, 5.41) is 18.5. The molecule has 0 aliphatic heterocycles. The van der Waals surface area contributed by atoms with E-state index in [1.165, 1.54) is 10.9 Å². The molecule has 4 rings (SSSR count). The lowest BCUT2D eigenvalue weighted by Gasteiger charge is -2.19. The number of alkyl carbamates (subject to hydrolysis) is 1. The van der Waals surface area contributed by atoms with Crippen molar-refractivity contribution in [2.45, 2.75) is 38.1 Å². The number of rotatable bonds is 9. The van der Waals surface area contributed by atoms with Crippen LogP contribution in [0.5, 0.6) is 0 Å². The third-order valence-corrected chi connectivity index (χ3v) is 6.16. The molecule has 1 heterocycles. The number of nitrogens with one attached hydrogen (secondary N) is 2. The minimum atomic E-state index is -1.18. The molecule has 3 N–H and O–H groups in total. The predicted molar refractivity (Wildman–Crippen MR) is 130 cm³/mol. The molecule has 0 spiro atoms. The second-order valence-electron chi connectivity index (χ2n) is 8.54. The maximum atomic E-state index is 12.6. The highest BCUT2D eigenvalue weighted by Gasteiger charge is 2.29. The third kappa shape index (κ3) is 5.18. The molecule has 2 amide bonds. The quantitative estimate of drug-likeness (QED) is 0.426. The van der Waals surface area contributed by atoms with E-state index in [2.05, 4.69) is 40.0 Å². The second-order valence-corrected chi connectivity index (χ2v) is 8.54. The molecule has 9 heteroatoms. The SMILES string of the molecule is CCC[C@@H](CC(=O)Nc1c(C(=O)O)cnn1C)NC(=O)OCC1c2ccccc2-c2ccccc21. The number of carboxylic acid groups (broad SMARTS) is 1. The normalized spacial score (nSPS) is 13.0. The van der Waals surface area contributed by atoms with Gasteiger partial charge in [-0.05, 0) is 28.7 Å². The summed E-state index contributed by atoms with van der Waals surface area (Å²) < 4.78 is 6.89. The first-order valence-corrected chi connectivity index (χ1v) is 11.6. The van der Waals surface area contributed by atoms with Crippen molar-refractivity contribution in [3.8, 4) is 11.1 Å². The lowest BCUT2D eigenvalue weighted by Crippen LogP contribution is -2.38. The number of benzene rings is 2. The minimum Gasteiger partial charge on any atom is -0.477 e. The second kappa shape index (κ2) is 10.4. The van der Waals surface area contributed by atoms with Gasteiger partial charge in [-0.3, -0.25) is 9.48 Å². The standard InChI is InChI=1S/C26H28N4O5/c1-3-8-16(13-23(31)29-24-21(25(32)33)14-27-30(24)2)28-26(34)35-15-22-19-11-6-4-9-17(19)18-10-5-7-12-20(18)22/h4-7,9-12,14,16,22H,3,8,13,15H2,1-2H3,(H,28,34)(H,29,31)(H,32,33)/t16-/m0/s1. The molecule has 0 unspecified atom stereocenters. The molecule has 2 aromatic carbocycles. The Morgan fingerprint density at radius 1 is 1.09 bits per heavy atom. The van der Waals surface area contributed by atoms with Gasteiger partial charge in [0, 0.05) is 25.4 Å². The van der Waals surface area contributed by atoms with Crippen molar-refractivity contribution in [3.05, 3.63) is 71.4 Å². The topological polar surface area (TPSA) is 123 Å². The molecular weight excluding hydrogens is 448 g/mol. The lowest BCUT2D eigenvalue weighted by molar-refractivity contribution is -0.116. The lowest BCUT2D eigenvalue weighted by atomic mass is 9.98. The van der Waals surface area contributed by atoms with Crippen molar-refractivity contribution >= 4 is 23.8 Å². The van der Waals surface area contributed by atoms with Gasteiger partial charge in [-0.2, -0.15) is 5.10 Å². The van der Waals surface area contributed by atoms with Gasteiger partial charge in [-0.15, -0.1) is 0 Å². The Morgan fingerprint density at radius 2 is 1.71 bits per heavy atom. The molecule has 0 fully saturated rings. The van der Waals surface area contributed by atoms with E-state index in [9.17, 15) is 19.5 Å². The molecule has 9 nitrogen and oxygen atoms in total. The fourth-order valence-corrected chi connectivity index (χ4v) is 4.53. The van der Waals surface area contributed by atoms with Crippen LogP contribution < -0.4 is 10.6 Å². The Bertz CT molecular complexity index is 1210. The number of nitrogens with zero attached hydrogens (tertiary/aromatic N) is 2. The number of aryl methyl sites for hydroxylation is 1. The number of amides is 2. The van der Waals surface area contributed by atoms with Gasteiger partial charge in [0.1, 0.15) is 18.0 Å². The van der Waals surface area contributed by atoms with Crippen molar-refractivity contribution < 1.29 is 24.2 Å². The van der Waals surface area contributed by atoms with Crippen molar-refractivity contribution in [3.63, 3.8) is 0 Å². The maximum absolute atomic E-state index is 12.6. The molecule has 1 aromatic heterocycles. The van der Waals surface area contributed by atoms with Crippen molar-refractivity contribution in [1.82, 2.24) is 15.1 Å². The van der Waals surface area contributed by atoms with E-state index >= 15 is 0 Å². The summed E-state index contributed by atoms with van der Waals surface area (Å²) >= 11 is 0. The number of hydrogen-bond donors (Lipinski definition) is 3. The molecule has 1 atom stereocenters. The zero-order valence-electron chi connectivity index (χ0n) is 19.7. The Labute approximate surface area is 203 Å². The fourth-order valence-electron chi connectivity index (χ4n) is 4.53. The van der Waals surface area contributed by atoms with Crippen LogP contribution in [-0.2, 0) is 16.6 Å². The number of carboxylic acids is 1. The molecule has 35 heavy (non-hydrogen) atoms. The molecule has 182 valence electrons. The maximum Gasteiger partial charge on any atom is 0.407 e. The third-order valence-electron chi connectivity index (χ3n) is 6.16. The zero-order chi connectivity index (χ0) is 24.9. The van der Waals surface area contributed by atoms with Crippen LogP contribution in [0.1, 0.15) is 53.6 Å². The highest BCUT2D eigenvalue weighted by molar-refractivity contribution is 5.99. The Hall–Kier alpha value is -4.14. The van der Waals surface area contributed by atoms with Gasteiger partial charge in [-0.1, -0.05) is 61.9 Å². The first kappa shape index (κ1) is 24.0. The molecule has 0 radical (unpaired) electrons. The van der Waals surface area contributed by atoms with E-state index in [1.54, 1.807) is 7.05 Å². The van der Waals surface area contributed by atoms with E-state index in [1.807, 2.05) is 31.2 Å². The summed E-state index contributed by atoms with van der Waals surface area (Å²) in [6, 6.07) is 15.7. The van der Waals surface area contributed by atoms with Gasteiger partial charge in [-0.25, -0.2) is 9.59 Å². The Kier molecular flexibility index (Phi) is 7.14. The fraction of sp³-hybridized carbons (Fsp3) is 0.308. The summed E-state index contributed by atoms with van der Waals surface area (Å²) in [5.74, 6) is -1.57. The minimum absolute atomic E-state index is 0.0255. The number of carbonyl (C=O) groups excluding carboxylic acids is 2. The first-order valence-electron chi connectivity index (χ1n) is 11.6. The summed E-state index contributed by atoms with van der Waals surface area (Å²) in [6.07, 6.45) is 1.87. The number of aromatic carboxylic acids is 1. The highest BCUT2D eigenvalue weighted by Crippen LogP contribution is 2.44. The van der Waals surface area contributed by atoms with Gasteiger partial charge in [0.25, 0.3) is 0 Å². The molecule has 0 saturated carbocycles. The smallest absolute Gasteiger partial charge is 0.407 e. The molecule has 0 saturated heterocycles. The number of aromatic nitrogens is 2. The van der Waals surface area contributed by atoms with Crippen LogP contribution in [0.3, 0.4) is 0 Å². The molecule has 0 bridgehead atoms. The number of carbonyl (C=O) groups is 3. The van der Waals surface area contributed by atoms with Gasteiger partial charge in [0.15, 0.2) is 0 Å². The summed E-state index contributed by atoms with van der Waals surface area (Å²) in [4.78, 5) is 36.6. The van der Waals surface area contributed by atoms with Gasteiger partial charge in [0.05, 0.1) is 6.20 Å². The van der Waals surface area contributed by atoms with E-state index in [0.717, 1.165) is 28.7 Å². The molecule has 1 aliphatic rings. The van der Waals surface area contributed by atoms with Crippen LogP contribution >= 0.6 is 0 Å². The number of anilines is 1. The van der Waals surface area contributed by atoms with Gasteiger partial charge >= 0.3 is 12.1 Å². The van der Waals surface area contributed by atoms with Gasteiger partial charge in [0.2, 0.25) is 5.91 Å². The molecular formula is C26H28N4O5. The van der Waals surface area contributed by atoms with E-state index < -0.39 is 24.0 Å². The van der Waals surface area contributed by atoms with Crippen LogP contribution in [0.25, 0.3) is 11.1 Å². The summed E-state index contributed by atoms with van der Waals surface area (Å²) in [7, 11) is 1.54. The summed E-state index contributed by atoms with van der Waals surface area (Å²) in [5.41, 5.74) is 4.44. The summed E-state index contributed by atoms with van der Waals surface area (Å²) in [6.45, 7) is 2.13. The predicted octanol–water partition coefficient (Wildman–Crippen LogP) is 4.15. The van der Waals surface area contributed by atoms with Crippen LogP contribution in [0.2, 0.25) is 0 Å². The monoisotopic (exact) mass is 476 g/mol. The largest absolute Gasteiger partial charge is 0.477 e. The van der Waals surface area contributed by atoms with Gasteiger partial charge < -0.3 is 20.5 Å². The molecule has 1 aliphatic carbocycles.